The van der Waals surface area contributed by atoms with Crippen molar-refractivity contribution < 1.29 is 17.6 Å². The lowest BCUT2D eigenvalue weighted by molar-refractivity contribution is 0.409. The molecule has 1 aliphatic carbocycles. The van der Waals surface area contributed by atoms with Crippen molar-refractivity contribution in [2.75, 3.05) is 11.9 Å². The molecule has 0 bridgehead atoms. The largest absolute Gasteiger partial charge is 0.380 e. The second-order valence-corrected chi connectivity index (χ2v) is 4.23. The second kappa shape index (κ2) is 4.89. The third kappa shape index (κ3) is 2.50. The Hall–Kier alpha value is -1.33. The molecule has 6 heteroatoms. The zero-order valence-electron chi connectivity index (χ0n) is 9.07. The Morgan fingerprint density at radius 1 is 1.00 bits per heavy atom. The molecule has 1 fully saturated rings. The molecule has 0 spiro atoms. The number of hydrogen-bond donors (Lipinski definition) is 1. The standard InChI is InChI=1S/C11H12F4N2/c12-7-9(8(13)11(15)17-10(7)14)16-5-6-3-1-2-4-6/h6H,1-5H2,(H,16,17). The molecule has 1 aromatic rings. The summed E-state index contributed by atoms with van der Waals surface area (Å²) in [6.45, 7) is 0.316. The van der Waals surface area contributed by atoms with E-state index in [0.29, 0.717) is 12.5 Å². The van der Waals surface area contributed by atoms with Gasteiger partial charge in [0.05, 0.1) is 0 Å². The molecule has 1 aromatic heterocycles. The SMILES string of the molecule is Fc1nc(F)c(F)c(NCC2CCCC2)c1F. The van der Waals surface area contributed by atoms with Gasteiger partial charge in [0.25, 0.3) is 11.9 Å². The van der Waals surface area contributed by atoms with E-state index in [1.54, 1.807) is 0 Å². The highest BCUT2D eigenvalue weighted by Gasteiger charge is 2.22. The number of hydrogen-bond acceptors (Lipinski definition) is 2. The maximum atomic E-state index is 13.2. The van der Waals surface area contributed by atoms with Crippen LogP contribution >= 0.6 is 0 Å². The van der Waals surface area contributed by atoms with Crippen molar-refractivity contribution in [1.29, 1.82) is 0 Å². The molecular weight excluding hydrogens is 236 g/mol. The van der Waals surface area contributed by atoms with Gasteiger partial charge in [-0.3, -0.25) is 0 Å². The molecule has 0 amide bonds. The van der Waals surface area contributed by atoms with Gasteiger partial charge in [-0.1, -0.05) is 12.8 Å². The molecule has 0 aromatic carbocycles. The van der Waals surface area contributed by atoms with Crippen molar-refractivity contribution in [2.45, 2.75) is 25.7 Å². The molecule has 0 atom stereocenters. The maximum Gasteiger partial charge on any atom is 0.253 e. The molecule has 0 radical (unpaired) electrons. The van der Waals surface area contributed by atoms with Crippen molar-refractivity contribution in [1.82, 2.24) is 4.98 Å². The summed E-state index contributed by atoms with van der Waals surface area (Å²) >= 11 is 0. The number of rotatable bonds is 3. The van der Waals surface area contributed by atoms with Gasteiger partial charge < -0.3 is 5.32 Å². The first kappa shape index (κ1) is 12.1. The van der Waals surface area contributed by atoms with Crippen LogP contribution in [0.4, 0.5) is 23.2 Å². The molecule has 0 saturated heterocycles. The first-order valence-corrected chi connectivity index (χ1v) is 5.53. The van der Waals surface area contributed by atoms with Crippen LogP contribution in [0.25, 0.3) is 0 Å². The predicted molar refractivity (Wildman–Crippen MR) is 54.5 cm³/mol. The Morgan fingerprint density at radius 2 is 1.53 bits per heavy atom. The lowest BCUT2D eigenvalue weighted by Gasteiger charge is -2.13. The van der Waals surface area contributed by atoms with E-state index in [-0.39, 0.29) is 0 Å². The van der Waals surface area contributed by atoms with Crippen LogP contribution in [0.1, 0.15) is 25.7 Å². The smallest absolute Gasteiger partial charge is 0.253 e. The van der Waals surface area contributed by atoms with E-state index in [0.717, 1.165) is 25.7 Å². The molecule has 1 saturated carbocycles. The molecule has 1 N–H and O–H groups in total. The van der Waals surface area contributed by atoms with Crippen molar-refractivity contribution in [3.05, 3.63) is 23.5 Å². The van der Waals surface area contributed by atoms with Gasteiger partial charge >= 0.3 is 0 Å². The Morgan fingerprint density at radius 3 is 2.06 bits per heavy atom. The summed E-state index contributed by atoms with van der Waals surface area (Å²) in [5.74, 6) is -5.90. The van der Waals surface area contributed by atoms with Gasteiger partial charge in [-0.2, -0.15) is 22.5 Å². The van der Waals surface area contributed by atoms with Gasteiger partial charge in [0.2, 0.25) is 11.6 Å². The number of nitrogens with zero attached hydrogens (tertiary/aromatic N) is 1. The summed E-state index contributed by atoms with van der Waals surface area (Å²) in [6.07, 6.45) is 4.09. The minimum atomic E-state index is -1.63. The first-order valence-electron chi connectivity index (χ1n) is 5.53. The summed E-state index contributed by atoms with van der Waals surface area (Å²) < 4.78 is 52.0. The molecule has 94 valence electrons. The Labute approximate surface area is 96.0 Å². The predicted octanol–water partition coefficient (Wildman–Crippen LogP) is 3.24. The summed E-state index contributed by atoms with van der Waals surface area (Å²) in [5, 5.41) is 2.43. The van der Waals surface area contributed by atoms with Crippen LogP contribution in [0.3, 0.4) is 0 Å². The Balaban J connectivity index is 2.13. The van der Waals surface area contributed by atoms with Gasteiger partial charge in [-0.25, -0.2) is 0 Å². The van der Waals surface area contributed by atoms with E-state index in [4.69, 9.17) is 0 Å². The lowest BCUT2D eigenvalue weighted by Crippen LogP contribution is -2.15. The topological polar surface area (TPSA) is 24.9 Å². The summed E-state index contributed by atoms with van der Waals surface area (Å²) in [6, 6.07) is 0. The fourth-order valence-electron chi connectivity index (χ4n) is 2.10. The van der Waals surface area contributed by atoms with Gasteiger partial charge in [-0.05, 0) is 18.8 Å². The van der Waals surface area contributed by atoms with Crippen LogP contribution < -0.4 is 5.32 Å². The zero-order valence-corrected chi connectivity index (χ0v) is 9.07. The Bertz CT molecular complexity index is 390. The summed E-state index contributed by atoms with van der Waals surface area (Å²) in [7, 11) is 0. The van der Waals surface area contributed by atoms with Crippen molar-refractivity contribution in [2.24, 2.45) is 5.92 Å². The summed E-state index contributed by atoms with van der Waals surface area (Å²) in [5.41, 5.74) is -0.762. The molecule has 0 aliphatic heterocycles. The van der Waals surface area contributed by atoms with Crippen LogP contribution in [0, 0.1) is 29.4 Å². The van der Waals surface area contributed by atoms with E-state index in [1.165, 1.54) is 0 Å². The number of nitrogens with one attached hydrogen (secondary N) is 1. The fraction of sp³-hybridized carbons (Fsp3) is 0.545. The monoisotopic (exact) mass is 248 g/mol. The van der Waals surface area contributed by atoms with Crippen molar-refractivity contribution in [3.63, 3.8) is 0 Å². The number of anilines is 1. The summed E-state index contributed by atoms with van der Waals surface area (Å²) in [4.78, 5) is 2.49. The second-order valence-electron chi connectivity index (χ2n) is 4.23. The molecule has 0 unspecified atom stereocenters. The van der Waals surface area contributed by atoms with Crippen LogP contribution in [0.15, 0.2) is 0 Å². The minimum Gasteiger partial charge on any atom is -0.380 e. The van der Waals surface area contributed by atoms with Crippen molar-refractivity contribution in [3.8, 4) is 0 Å². The molecule has 1 heterocycles. The third-order valence-electron chi connectivity index (χ3n) is 3.04. The molecule has 2 rings (SSSR count). The van der Waals surface area contributed by atoms with Gasteiger partial charge in [-0.15, -0.1) is 0 Å². The van der Waals surface area contributed by atoms with E-state index in [9.17, 15) is 17.6 Å². The van der Waals surface area contributed by atoms with Crippen LogP contribution in [-0.2, 0) is 0 Å². The number of aromatic nitrogens is 1. The van der Waals surface area contributed by atoms with Crippen LogP contribution in [-0.4, -0.2) is 11.5 Å². The van der Waals surface area contributed by atoms with Crippen LogP contribution in [0.5, 0.6) is 0 Å². The maximum absolute atomic E-state index is 13.2. The van der Waals surface area contributed by atoms with Crippen molar-refractivity contribution >= 4 is 5.69 Å². The first-order chi connectivity index (χ1) is 8.09. The third-order valence-corrected chi connectivity index (χ3v) is 3.04. The van der Waals surface area contributed by atoms with E-state index < -0.39 is 29.2 Å². The highest BCUT2D eigenvalue weighted by molar-refractivity contribution is 5.45. The highest BCUT2D eigenvalue weighted by Crippen LogP contribution is 2.27. The van der Waals surface area contributed by atoms with Gasteiger partial charge in [0.15, 0.2) is 0 Å². The van der Waals surface area contributed by atoms with Gasteiger partial charge in [0, 0.05) is 6.54 Å². The van der Waals surface area contributed by atoms with E-state index >= 15 is 0 Å². The fourth-order valence-corrected chi connectivity index (χ4v) is 2.10. The molecular formula is C11H12F4N2. The van der Waals surface area contributed by atoms with Gasteiger partial charge in [0.1, 0.15) is 5.69 Å². The van der Waals surface area contributed by atoms with E-state index in [1.807, 2.05) is 0 Å². The molecule has 2 nitrogen and oxygen atoms in total. The number of halogens is 4. The minimum absolute atomic E-state index is 0.299. The average Bonchev–Trinajstić information content (AvgIpc) is 2.79. The molecule has 1 aliphatic rings. The average molecular weight is 248 g/mol. The molecule has 17 heavy (non-hydrogen) atoms. The quantitative estimate of drug-likeness (QED) is 0.656. The number of pyridine rings is 1. The highest BCUT2D eigenvalue weighted by atomic mass is 19.2. The zero-order chi connectivity index (χ0) is 12.4. The van der Waals surface area contributed by atoms with E-state index in [2.05, 4.69) is 10.3 Å². The Kier molecular flexibility index (Phi) is 3.49. The lowest BCUT2D eigenvalue weighted by atomic mass is 10.1. The van der Waals surface area contributed by atoms with Crippen LogP contribution in [0.2, 0.25) is 0 Å². The normalized spacial score (nSPS) is 16.5.